The zero-order valence-electron chi connectivity index (χ0n) is 12.5. The van der Waals surface area contributed by atoms with Crippen LogP contribution < -0.4 is 5.90 Å². The van der Waals surface area contributed by atoms with Gasteiger partial charge in [-0.25, -0.2) is 0 Å². The fourth-order valence-electron chi connectivity index (χ4n) is 1.92. The Hall–Kier alpha value is -2.60. The third-order valence-corrected chi connectivity index (χ3v) is 5.16. The highest BCUT2D eigenvalue weighted by Crippen LogP contribution is 2.57. The zero-order chi connectivity index (χ0) is 19.4. The third kappa shape index (κ3) is 4.93. The first-order chi connectivity index (χ1) is 11.5. The number of hydrogen-bond acceptors (Lipinski definition) is 10. The largest absolute Gasteiger partial charge is 0.502 e. The molecule has 1 aromatic carbocycles. The molecule has 138 valence electrons. The van der Waals surface area contributed by atoms with E-state index in [2.05, 4.69) is 10.7 Å². The van der Waals surface area contributed by atoms with Crippen molar-refractivity contribution < 1.29 is 39.2 Å². The normalized spacial score (nSPS) is 14.4. The van der Waals surface area contributed by atoms with Crippen LogP contribution in [0.1, 0.15) is 24.3 Å². The van der Waals surface area contributed by atoms with Crippen molar-refractivity contribution in [2.75, 3.05) is 6.16 Å². The summed E-state index contributed by atoms with van der Waals surface area (Å²) in [5, 5.41) is 41.5. The molecule has 25 heavy (non-hydrogen) atoms. The molecule has 1 unspecified atom stereocenters. The summed E-state index contributed by atoms with van der Waals surface area (Å²) in [5.74, 6) is 0.218. The highest BCUT2D eigenvalue weighted by Gasteiger charge is 2.36. The van der Waals surface area contributed by atoms with Gasteiger partial charge in [-0.3, -0.25) is 29.6 Å². The number of aromatic hydroxyl groups is 1. The molecule has 0 aromatic heterocycles. The van der Waals surface area contributed by atoms with E-state index in [9.17, 15) is 44.7 Å². The Morgan fingerprint density at radius 1 is 1.32 bits per heavy atom. The maximum atomic E-state index is 12.2. The van der Waals surface area contributed by atoms with E-state index in [-0.39, 0.29) is 12.8 Å². The number of nitrogens with zero attached hydrogens (tertiary/aromatic N) is 2. The summed E-state index contributed by atoms with van der Waals surface area (Å²) in [5.41, 5.74) is -2.80. The number of hydrogen-bond donors (Lipinski definition) is 4. The van der Waals surface area contributed by atoms with Crippen LogP contribution in [0.2, 0.25) is 0 Å². The van der Waals surface area contributed by atoms with Crippen molar-refractivity contribution in [3.63, 3.8) is 0 Å². The van der Waals surface area contributed by atoms with E-state index in [1.54, 1.807) is 0 Å². The number of nitro benzene ring substituents is 2. The SMILES string of the molecule is NOC(=O)CCCP(=O)(O)[C@H](O)c1cc([N+](=O)[O-])cc([N+](=O)[O-])c1O. The standard InChI is InChI=1S/C11H14N3O10P/c12-24-9(15)2-1-3-25(22,23)11(17)7-4-6(13(18)19)5-8(10(7)16)14(20)21/h4-5,11,16-17H,1-3,12H2,(H,22,23)/t11-/m0/s1. The molecule has 2 atom stereocenters. The molecule has 0 spiro atoms. The van der Waals surface area contributed by atoms with Crippen LogP contribution in [0, 0.1) is 20.2 Å². The number of carbonyl (C=O) groups is 1. The van der Waals surface area contributed by atoms with Gasteiger partial charge in [0.2, 0.25) is 13.1 Å². The Labute approximate surface area is 139 Å². The van der Waals surface area contributed by atoms with E-state index >= 15 is 0 Å². The number of nitro groups is 2. The number of carbonyl (C=O) groups excluding carboxylic acids is 1. The van der Waals surface area contributed by atoms with E-state index in [4.69, 9.17) is 0 Å². The van der Waals surface area contributed by atoms with Crippen molar-refractivity contribution in [1.82, 2.24) is 0 Å². The first-order valence-corrected chi connectivity index (χ1v) is 8.47. The Bertz CT molecular complexity index is 752. The molecule has 0 aliphatic rings. The molecule has 0 heterocycles. The van der Waals surface area contributed by atoms with Crippen molar-refractivity contribution >= 4 is 24.7 Å². The molecular weight excluding hydrogens is 365 g/mol. The maximum absolute atomic E-state index is 12.2. The molecule has 13 nitrogen and oxygen atoms in total. The molecule has 0 saturated carbocycles. The summed E-state index contributed by atoms with van der Waals surface area (Å²) in [6.45, 7) is 0. The van der Waals surface area contributed by atoms with Crippen LogP contribution in [-0.4, -0.2) is 37.1 Å². The van der Waals surface area contributed by atoms with E-state index in [0.717, 1.165) is 0 Å². The molecule has 5 N–H and O–H groups in total. The first-order valence-electron chi connectivity index (χ1n) is 6.56. The molecule has 0 bridgehead atoms. The second-order valence-corrected chi connectivity index (χ2v) is 7.31. The number of rotatable bonds is 8. The van der Waals surface area contributed by atoms with Gasteiger partial charge in [-0.15, -0.1) is 0 Å². The molecule has 0 amide bonds. The average molecular weight is 379 g/mol. The minimum Gasteiger partial charge on any atom is -0.502 e. The van der Waals surface area contributed by atoms with E-state index in [1.807, 2.05) is 0 Å². The van der Waals surface area contributed by atoms with Crippen LogP contribution in [0.5, 0.6) is 5.75 Å². The summed E-state index contributed by atoms with van der Waals surface area (Å²) in [4.78, 5) is 44.1. The van der Waals surface area contributed by atoms with Gasteiger partial charge in [-0.05, 0) is 6.42 Å². The van der Waals surface area contributed by atoms with Crippen LogP contribution in [0.25, 0.3) is 0 Å². The van der Waals surface area contributed by atoms with Crippen LogP contribution in [0.4, 0.5) is 11.4 Å². The summed E-state index contributed by atoms with van der Waals surface area (Å²) in [6.07, 6.45) is -1.19. The molecule has 0 aliphatic heterocycles. The monoisotopic (exact) mass is 379 g/mol. The van der Waals surface area contributed by atoms with Crippen LogP contribution >= 0.6 is 7.37 Å². The number of phenols is 1. The molecule has 0 aliphatic carbocycles. The molecule has 1 rings (SSSR count). The van der Waals surface area contributed by atoms with Crippen molar-refractivity contribution in [1.29, 1.82) is 0 Å². The van der Waals surface area contributed by atoms with Gasteiger partial charge in [0, 0.05) is 24.2 Å². The van der Waals surface area contributed by atoms with Crippen molar-refractivity contribution in [3.05, 3.63) is 37.9 Å². The minimum absolute atomic E-state index is 0.224. The lowest BCUT2D eigenvalue weighted by Gasteiger charge is -2.19. The lowest BCUT2D eigenvalue weighted by Crippen LogP contribution is -2.11. The van der Waals surface area contributed by atoms with E-state index in [1.165, 1.54) is 0 Å². The second kappa shape index (κ2) is 7.98. The lowest BCUT2D eigenvalue weighted by atomic mass is 10.1. The summed E-state index contributed by atoms with van der Waals surface area (Å²) in [6, 6.07) is 1.01. The summed E-state index contributed by atoms with van der Waals surface area (Å²) >= 11 is 0. The van der Waals surface area contributed by atoms with Crippen LogP contribution in [-0.2, 0) is 14.2 Å². The molecular formula is C11H14N3O10P. The Morgan fingerprint density at radius 2 is 1.92 bits per heavy atom. The van der Waals surface area contributed by atoms with Crippen molar-refractivity contribution in [3.8, 4) is 5.75 Å². The fourth-order valence-corrected chi connectivity index (χ4v) is 3.40. The summed E-state index contributed by atoms with van der Waals surface area (Å²) in [7, 11) is -4.50. The number of benzene rings is 1. The molecule has 14 heteroatoms. The van der Waals surface area contributed by atoms with Crippen LogP contribution in [0.3, 0.4) is 0 Å². The van der Waals surface area contributed by atoms with Gasteiger partial charge in [-0.1, -0.05) is 0 Å². The highest BCUT2D eigenvalue weighted by atomic mass is 31.2. The van der Waals surface area contributed by atoms with Gasteiger partial charge in [0.05, 0.1) is 15.9 Å². The van der Waals surface area contributed by atoms with Gasteiger partial charge in [0.15, 0.2) is 5.85 Å². The number of aliphatic hydroxyl groups is 1. The lowest BCUT2D eigenvalue weighted by molar-refractivity contribution is -0.394. The Balaban J connectivity index is 3.20. The molecule has 0 saturated heterocycles. The smallest absolute Gasteiger partial charge is 0.324 e. The quantitative estimate of drug-likeness (QED) is 0.279. The number of phenolic OH excluding ortho intramolecular Hbond substituents is 1. The molecule has 1 aromatic rings. The van der Waals surface area contributed by atoms with Gasteiger partial charge in [-0.2, -0.15) is 5.90 Å². The Morgan fingerprint density at radius 3 is 2.40 bits per heavy atom. The maximum Gasteiger partial charge on any atom is 0.324 e. The minimum atomic E-state index is -4.50. The number of nitrogens with two attached hydrogens (primary N) is 1. The van der Waals surface area contributed by atoms with Crippen molar-refractivity contribution in [2.45, 2.75) is 18.7 Å². The second-order valence-electron chi connectivity index (χ2n) is 4.86. The predicted molar refractivity (Wildman–Crippen MR) is 80.6 cm³/mol. The first kappa shape index (κ1) is 20.4. The third-order valence-electron chi connectivity index (χ3n) is 3.16. The van der Waals surface area contributed by atoms with Gasteiger partial charge in [0.25, 0.3) is 5.69 Å². The van der Waals surface area contributed by atoms with Crippen molar-refractivity contribution in [2.24, 2.45) is 5.90 Å². The number of aliphatic hydroxyl groups excluding tert-OH is 1. The predicted octanol–water partition coefficient (Wildman–Crippen LogP) is 0.667. The van der Waals surface area contributed by atoms with E-state index < -0.39 is 57.9 Å². The fraction of sp³-hybridized carbons (Fsp3) is 0.364. The topological polar surface area (TPSA) is 216 Å². The zero-order valence-corrected chi connectivity index (χ0v) is 13.4. The highest BCUT2D eigenvalue weighted by molar-refractivity contribution is 7.58. The van der Waals surface area contributed by atoms with E-state index in [0.29, 0.717) is 12.1 Å². The Kier molecular flexibility index (Phi) is 6.53. The number of non-ortho nitro benzene ring substituents is 1. The van der Waals surface area contributed by atoms with Crippen LogP contribution in [0.15, 0.2) is 12.1 Å². The molecule has 0 fully saturated rings. The van der Waals surface area contributed by atoms with Gasteiger partial charge >= 0.3 is 11.7 Å². The van der Waals surface area contributed by atoms with Gasteiger partial charge in [0.1, 0.15) is 0 Å². The molecule has 0 radical (unpaired) electrons. The van der Waals surface area contributed by atoms with Gasteiger partial charge < -0.3 is 19.9 Å². The average Bonchev–Trinajstić information content (AvgIpc) is 2.53. The summed E-state index contributed by atoms with van der Waals surface area (Å²) < 4.78 is 12.2.